The number of methoxy groups -OCH3 is 1. The lowest BCUT2D eigenvalue weighted by Crippen LogP contribution is -2.15. The molecule has 8 heteroatoms. The van der Waals surface area contributed by atoms with Crippen LogP contribution in [0.5, 0.6) is 5.88 Å². The minimum atomic E-state index is -3.74. The number of aryl methyl sites for hydroxylation is 4. The van der Waals surface area contributed by atoms with Crippen molar-refractivity contribution < 1.29 is 13.2 Å². The zero-order valence-electron chi connectivity index (χ0n) is 18.1. The molecular weight excluding hydrogens is 412 g/mol. The van der Waals surface area contributed by atoms with Crippen LogP contribution in [0, 0.1) is 27.7 Å². The molecule has 0 saturated carbocycles. The number of hydrogen-bond acceptors (Lipinski definition) is 5. The third-order valence-electron chi connectivity index (χ3n) is 5.36. The van der Waals surface area contributed by atoms with Crippen molar-refractivity contribution in [2.45, 2.75) is 32.6 Å². The molecule has 0 spiro atoms. The fourth-order valence-electron chi connectivity index (χ4n) is 3.43. The molecule has 0 aliphatic rings. The summed E-state index contributed by atoms with van der Waals surface area (Å²) in [7, 11) is -2.19. The highest BCUT2D eigenvalue weighted by Gasteiger charge is 2.19. The highest BCUT2D eigenvalue weighted by molar-refractivity contribution is 7.92. The van der Waals surface area contributed by atoms with Gasteiger partial charge in [-0.3, -0.25) is 4.72 Å². The first-order valence-corrected chi connectivity index (χ1v) is 11.3. The molecule has 0 atom stereocenters. The zero-order valence-corrected chi connectivity index (χ0v) is 18.9. The maximum Gasteiger partial charge on any atom is 0.262 e. The molecule has 7 nitrogen and oxygen atoms in total. The SMILES string of the molecule is COc1ccc2nc(-c3ccc(C)c(NS(=O)(=O)c4cc(C)c(C)cc4C)c3)cn2n1. The number of sulfonamides is 1. The van der Waals surface area contributed by atoms with Crippen LogP contribution in [0.4, 0.5) is 5.69 Å². The van der Waals surface area contributed by atoms with E-state index in [0.717, 1.165) is 22.3 Å². The third-order valence-corrected chi connectivity index (χ3v) is 6.87. The largest absolute Gasteiger partial charge is 0.480 e. The number of rotatable bonds is 5. The average molecular weight is 437 g/mol. The predicted octanol–water partition coefficient (Wildman–Crippen LogP) is 4.44. The van der Waals surface area contributed by atoms with Gasteiger partial charge < -0.3 is 4.74 Å². The van der Waals surface area contributed by atoms with Gasteiger partial charge in [0.05, 0.1) is 29.6 Å². The van der Waals surface area contributed by atoms with Crippen molar-refractivity contribution in [1.29, 1.82) is 0 Å². The van der Waals surface area contributed by atoms with E-state index in [2.05, 4.69) is 14.8 Å². The van der Waals surface area contributed by atoms with Gasteiger partial charge in [-0.15, -0.1) is 5.10 Å². The number of ether oxygens (including phenoxy) is 1. The van der Waals surface area contributed by atoms with Gasteiger partial charge in [0.1, 0.15) is 0 Å². The van der Waals surface area contributed by atoms with E-state index in [-0.39, 0.29) is 4.90 Å². The topological polar surface area (TPSA) is 85.6 Å². The summed E-state index contributed by atoms with van der Waals surface area (Å²) in [5, 5.41) is 4.32. The Kier molecular flexibility index (Phi) is 5.18. The second-order valence-electron chi connectivity index (χ2n) is 7.64. The molecule has 0 aliphatic heterocycles. The number of benzene rings is 2. The van der Waals surface area contributed by atoms with Crippen molar-refractivity contribution in [3.63, 3.8) is 0 Å². The Morgan fingerprint density at radius 3 is 2.39 bits per heavy atom. The number of nitrogens with one attached hydrogen (secondary N) is 1. The molecule has 0 saturated heterocycles. The summed E-state index contributed by atoms with van der Waals surface area (Å²) >= 11 is 0. The fourth-order valence-corrected chi connectivity index (χ4v) is 4.86. The minimum absolute atomic E-state index is 0.282. The van der Waals surface area contributed by atoms with Gasteiger partial charge in [-0.05, 0) is 68.1 Å². The van der Waals surface area contributed by atoms with E-state index >= 15 is 0 Å². The summed E-state index contributed by atoms with van der Waals surface area (Å²) in [6, 6.07) is 12.7. The van der Waals surface area contributed by atoms with Gasteiger partial charge in [0, 0.05) is 11.6 Å². The summed E-state index contributed by atoms with van der Waals surface area (Å²) in [4.78, 5) is 4.87. The number of aromatic nitrogens is 3. The maximum atomic E-state index is 13.1. The van der Waals surface area contributed by atoms with E-state index in [1.807, 2.05) is 52.0 Å². The highest BCUT2D eigenvalue weighted by atomic mass is 32.2. The highest BCUT2D eigenvalue weighted by Crippen LogP contribution is 2.28. The first kappa shape index (κ1) is 20.9. The lowest BCUT2D eigenvalue weighted by molar-refractivity contribution is 0.390. The van der Waals surface area contributed by atoms with Crippen molar-refractivity contribution in [2.24, 2.45) is 0 Å². The van der Waals surface area contributed by atoms with Gasteiger partial charge in [-0.2, -0.15) is 0 Å². The summed E-state index contributed by atoms with van der Waals surface area (Å²) in [5.74, 6) is 0.484. The minimum Gasteiger partial charge on any atom is -0.480 e. The van der Waals surface area contributed by atoms with Crippen LogP contribution in [-0.2, 0) is 10.0 Å². The lowest BCUT2D eigenvalue weighted by atomic mass is 10.1. The van der Waals surface area contributed by atoms with Crippen molar-refractivity contribution in [3.05, 3.63) is 70.9 Å². The number of hydrogen-bond donors (Lipinski definition) is 1. The Balaban J connectivity index is 1.72. The molecule has 0 amide bonds. The van der Waals surface area contributed by atoms with Crippen LogP contribution in [0.3, 0.4) is 0 Å². The standard InChI is InChI=1S/C23H24N4O3S/c1-14-6-7-18(20-13-27-22(24-20)8-9-23(25-27)30-5)12-19(14)26-31(28,29)21-11-16(3)15(2)10-17(21)4/h6-13,26H,1-5H3. The Morgan fingerprint density at radius 2 is 1.65 bits per heavy atom. The van der Waals surface area contributed by atoms with Gasteiger partial charge in [0.25, 0.3) is 10.0 Å². The van der Waals surface area contributed by atoms with Crippen molar-refractivity contribution >= 4 is 21.4 Å². The maximum absolute atomic E-state index is 13.1. The molecule has 4 aromatic rings. The first-order chi connectivity index (χ1) is 14.7. The number of imidazole rings is 1. The molecule has 0 aliphatic carbocycles. The Morgan fingerprint density at radius 1 is 0.903 bits per heavy atom. The van der Waals surface area contributed by atoms with E-state index < -0.39 is 10.0 Å². The Hall–Kier alpha value is -3.39. The van der Waals surface area contributed by atoms with E-state index in [0.29, 0.717) is 28.5 Å². The van der Waals surface area contributed by atoms with Crippen molar-refractivity contribution in [2.75, 3.05) is 11.8 Å². The van der Waals surface area contributed by atoms with Crippen LogP contribution in [0.2, 0.25) is 0 Å². The van der Waals surface area contributed by atoms with Gasteiger partial charge in [-0.1, -0.05) is 18.2 Å². The second-order valence-corrected chi connectivity index (χ2v) is 9.29. The van der Waals surface area contributed by atoms with Crippen LogP contribution in [0.1, 0.15) is 22.3 Å². The normalized spacial score (nSPS) is 11.6. The van der Waals surface area contributed by atoms with Crippen LogP contribution < -0.4 is 9.46 Å². The van der Waals surface area contributed by atoms with E-state index in [1.165, 1.54) is 0 Å². The van der Waals surface area contributed by atoms with Gasteiger partial charge in [-0.25, -0.2) is 17.9 Å². The molecule has 2 aromatic carbocycles. The summed E-state index contributed by atoms with van der Waals surface area (Å²) in [6.45, 7) is 7.55. The summed E-state index contributed by atoms with van der Waals surface area (Å²) in [6.07, 6.45) is 1.79. The van der Waals surface area contributed by atoms with Gasteiger partial charge >= 0.3 is 0 Å². The Labute approximate surface area is 181 Å². The monoisotopic (exact) mass is 436 g/mol. The molecule has 0 radical (unpaired) electrons. The molecule has 4 rings (SSSR count). The van der Waals surface area contributed by atoms with Crippen molar-refractivity contribution in [1.82, 2.24) is 14.6 Å². The third kappa shape index (κ3) is 3.98. The van der Waals surface area contributed by atoms with Crippen molar-refractivity contribution in [3.8, 4) is 17.1 Å². The number of nitrogens with zero attached hydrogens (tertiary/aromatic N) is 3. The lowest BCUT2D eigenvalue weighted by Gasteiger charge is -2.15. The second kappa shape index (κ2) is 7.70. The molecule has 160 valence electrons. The van der Waals surface area contributed by atoms with Crippen LogP contribution in [0.15, 0.2) is 53.6 Å². The van der Waals surface area contributed by atoms with Crippen LogP contribution >= 0.6 is 0 Å². The zero-order chi connectivity index (χ0) is 22.3. The first-order valence-electron chi connectivity index (χ1n) is 9.80. The molecule has 0 fully saturated rings. The molecule has 0 bridgehead atoms. The fraction of sp³-hybridized carbons (Fsp3) is 0.217. The summed E-state index contributed by atoms with van der Waals surface area (Å²) in [5.41, 5.74) is 6.17. The van der Waals surface area contributed by atoms with Crippen LogP contribution in [0.25, 0.3) is 16.9 Å². The van der Waals surface area contributed by atoms with E-state index in [9.17, 15) is 8.42 Å². The molecule has 2 aromatic heterocycles. The quantitative estimate of drug-likeness (QED) is 0.500. The molecular formula is C23H24N4O3S. The Bertz CT molecular complexity index is 1410. The molecule has 2 heterocycles. The van der Waals surface area contributed by atoms with Gasteiger partial charge in [0.2, 0.25) is 5.88 Å². The van der Waals surface area contributed by atoms with E-state index in [4.69, 9.17) is 4.74 Å². The number of anilines is 1. The molecule has 1 N–H and O–H groups in total. The van der Waals surface area contributed by atoms with Crippen LogP contribution in [-0.4, -0.2) is 30.1 Å². The molecule has 0 unspecified atom stereocenters. The summed E-state index contributed by atoms with van der Waals surface area (Å²) < 4.78 is 35.8. The molecule has 31 heavy (non-hydrogen) atoms. The smallest absolute Gasteiger partial charge is 0.262 e. The van der Waals surface area contributed by atoms with Gasteiger partial charge in [0.15, 0.2) is 5.65 Å². The average Bonchev–Trinajstić information content (AvgIpc) is 3.15. The predicted molar refractivity (Wildman–Crippen MR) is 121 cm³/mol. The van der Waals surface area contributed by atoms with E-state index in [1.54, 1.807) is 36.0 Å². The number of fused-ring (bicyclic) bond motifs is 1.